The summed E-state index contributed by atoms with van der Waals surface area (Å²) in [5.74, 6) is 0. The normalized spacial score (nSPS) is 19.7. The maximum atomic E-state index is 6.06. The van der Waals surface area contributed by atoms with Gasteiger partial charge >= 0.3 is 0 Å². The van der Waals surface area contributed by atoms with Gasteiger partial charge in [0.05, 0.1) is 5.38 Å². The Balaban J connectivity index is 0.000000980. The molecule has 1 aromatic carbocycles. The summed E-state index contributed by atoms with van der Waals surface area (Å²) in [5.41, 5.74) is 3.70. The summed E-state index contributed by atoms with van der Waals surface area (Å²) in [6.07, 6.45) is 4.24. The summed E-state index contributed by atoms with van der Waals surface area (Å²) < 4.78 is 0. The maximum Gasteiger partial charge on any atom is 0.0735 e. The molecule has 1 atom stereocenters. The molecule has 0 fully saturated rings. The molecular formula is C12H11ClZr. The minimum Gasteiger partial charge on any atom is -0.114 e. The van der Waals surface area contributed by atoms with E-state index >= 15 is 0 Å². The standard InChI is InChI=1S/C12H11Cl.Zr/c1-9-7-11(8-12(9)13)10-5-3-2-4-6-10;/h2-8,12H,1H3;. The number of rotatable bonds is 1. The van der Waals surface area contributed by atoms with Gasteiger partial charge in [-0.25, -0.2) is 0 Å². The van der Waals surface area contributed by atoms with Crippen LogP contribution < -0.4 is 0 Å². The van der Waals surface area contributed by atoms with Crippen molar-refractivity contribution in [2.45, 2.75) is 12.3 Å². The number of benzene rings is 1. The fourth-order valence-corrected chi connectivity index (χ4v) is 1.67. The van der Waals surface area contributed by atoms with Crippen LogP contribution in [-0.4, -0.2) is 5.38 Å². The molecule has 0 N–H and O–H groups in total. The summed E-state index contributed by atoms with van der Waals surface area (Å²) >= 11 is 6.06. The molecule has 0 amide bonds. The molecule has 14 heavy (non-hydrogen) atoms. The van der Waals surface area contributed by atoms with Crippen LogP contribution in [0.5, 0.6) is 0 Å². The Morgan fingerprint density at radius 1 is 1.14 bits per heavy atom. The van der Waals surface area contributed by atoms with E-state index in [9.17, 15) is 0 Å². The quantitative estimate of drug-likeness (QED) is 0.690. The van der Waals surface area contributed by atoms with Crippen LogP contribution in [-0.2, 0) is 26.2 Å². The van der Waals surface area contributed by atoms with Crippen LogP contribution in [0.25, 0.3) is 5.57 Å². The molecule has 2 heteroatoms. The van der Waals surface area contributed by atoms with Crippen LogP contribution in [0.2, 0.25) is 0 Å². The van der Waals surface area contributed by atoms with E-state index in [0.29, 0.717) is 0 Å². The van der Waals surface area contributed by atoms with Gasteiger partial charge in [-0.15, -0.1) is 11.6 Å². The van der Waals surface area contributed by atoms with Crippen molar-refractivity contribution in [3.05, 3.63) is 53.6 Å². The van der Waals surface area contributed by atoms with Crippen LogP contribution in [0.4, 0.5) is 0 Å². The fraction of sp³-hybridized carbons (Fsp3) is 0.167. The van der Waals surface area contributed by atoms with Crippen LogP contribution in [0, 0.1) is 0 Å². The van der Waals surface area contributed by atoms with Crippen molar-refractivity contribution in [1.29, 1.82) is 0 Å². The number of hydrogen-bond acceptors (Lipinski definition) is 0. The Morgan fingerprint density at radius 2 is 1.79 bits per heavy atom. The number of hydrogen-bond donors (Lipinski definition) is 0. The molecular weight excluding hydrogens is 271 g/mol. The predicted molar refractivity (Wildman–Crippen MR) is 57.8 cm³/mol. The second kappa shape index (κ2) is 5.09. The van der Waals surface area contributed by atoms with E-state index in [4.69, 9.17) is 11.6 Å². The summed E-state index contributed by atoms with van der Waals surface area (Å²) in [4.78, 5) is 0. The molecule has 1 unspecified atom stereocenters. The monoisotopic (exact) mass is 280 g/mol. The van der Waals surface area contributed by atoms with Gasteiger partial charge in [-0.1, -0.05) is 48.1 Å². The zero-order valence-electron chi connectivity index (χ0n) is 8.00. The smallest absolute Gasteiger partial charge is 0.0735 e. The molecule has 1 aromatic rings. The number of allylic oxidation sites excluding steroid dienone is 4. The van der Waals surface area contributed by atoms with Crippen molar-refractivity contribution >= 4 is 17.2 Å². The van der Waals surface area contributed by atoms with Gasteiger partial charge in [0.2, 0.25) is 0 Å². The molecule has 0 aliphatic heterocycles. The Morgan fingerprint density at radius 3 is 2.29 bits per heavy atom. The number of halogens is 1. The zero-order chi connectivity index (χ0) is 9.26. The third-order valence-electron chi connectivity index (χ3n) is 2.25. The molecule has 70 valence electrons. The van der Waals surface area contributed by atoms with Crippen molar-refractivity contribution in [3.8, 4) is 0 Å². The number of alkyl halides is 1. The maximum absolute atomic E-state index is 6.06. The van der Waals surface area contributed by atoms with Crippen LogP contribution in [0.1, 0.15) is 12.5 Å². The van der Waals surface area contributed by atoms with Crippen molar-refractivity contribution in [2.75, 3.05) is 0 Å². The SMILES string of the molecule is CC1=CC(c2ccccc2)=CC1Cl.[Zr]. The largest absolute Gasteiger partial charge is 0.114 e. The molecule has 0 saturated heterocycles. The summed E-state index contributed by atoms with van der Waals surface area (Å²) in [7, 11) is 0. The van der Waals surface area contributed by atoms with Gasteiger partial charge in [-0.3, -0.25) is 0 Å². The van der Waals surface area contributed by atoms with Gasteiger partial charge in [-0.2, -0.15) is 0 Å². The van der Waals surface area contributed by atoms with Crippen molar-refractivity contribution in [1.82, 2.24) is 0 Å². The van der Waals surface area contributed by atoms with Crippen molar-refractivity contribution < 1.29 is 26.2 Å². The minimum atomic E-state index is 0. The van der Waals surface area contributed by atoms with E-state index in [0.717, 1.165) is 0 Å². The summed E-state index contributed by atoms with van der Waals surface area (Å²) in [6, 6.07) is 10.3. The molecule has 2 rings (SSSR count). The van der Waals surface area contributed by atoms with E-state index in [1.807, 2.05) is 18.2 Å². The van der Waals surface area contributed by atoms with Crippen molar-refractivity contribution in [3.63, 3.8) is 0 Å². The van der Waals surface area contributed by atoms with Crippen LogP contribution >= 0.6 is 11.6 Å². The zero-order valence-corrected chi connectivity index (χ0v) is 11.2. The van der Waals surface area contributed by atoms with E-state index < -0.39 is 0 Å². The minimum absolute atomic E-state index is 0. The molecule has 0 nitrogen and oxygen atoms in total. The topological polar surface area (TPSA) is 0 Å². The molecule has 1 aliphatic carbocycles. The molecule has 0 heterocycles. The predicted octanol–water partition coefficient (Wildman–Crippen LogP) is 3.63. The van der Waals surface area contributed by atoms with Gasteiger partial charge in [-0.05, 0) is 18.1 Å². The molecule has 0 aromatic heterocycles. The molecule has 1 aliphatic rings. The molecule has 0 saturated carbocycles. The average molecular weight is 282 g/mol. The van der Waals surface area contributed by atoms with Crippen LogP contribution in [0.15, 0.2) is 48.1 Å². The third kappa shape index (κ3) is 2.46. The molecule has 0 bridgehead atoms. The third-order valence-corrected chi connectivity index (χ3v) is 2.72. The van der Waals surface area contributed by atoms with E-state index in [1.54, 1.807) is 0 Å². The van der Waals surface area contributed by atoms with Gasteiger partial charge in [0.15, 0.2) is 0 Å². The Kier molecular flexibility index (Phi) is 4.35. The first kappa shape index (κ1) is 11.9. The van der Waals surface area contributed by atoms with E-state index in [2.05, 4.69) is 31.2 Å². The Bertz CT molecular complexity index is 365. The fourth-order valence-electron chi connectivity index (χ4n) is 1.47. The first-order valence-electron chi connectivity index (χ1n) is 4.37. The van der Waals surface area contributed by atoms with Crippen LogP contribution in [0.3, 0.4) is 0 Å². The van der Waals surface area contributed by atoms with E-state index in [-0.39, 0.29) is 31.6 Å². The summed E-state index contributed by atoms with van der Waals surface area (Å²) in [6.45, 7) is 2.06. The van der Waals surface area contributed by atoms with Gasteiger partial charge in [0.25, 0.3) is 0 Å². The van der Waals surface area contributed by atoms with Crippen molar-refractivity contribution in [2.24, 2.45) is 0 Å². The first-order chi connectivity index (χ1) is 6.27. The Hall–Kier alpha value is -0.127. The van der Waals surface area contributed by atoms with Gasteiger partial charge in [0, 0.05) is 26.2 Å². The van der Waals surface area contributed by atoms with E-state index in [1.165, 1.54) is 16.7 Å². The second-order valence-electron chi connectivity index (χ2n) is 3.28. The molecule has 0 radical (unpaired) electrons. The first-order valence-corrected chi connectivity index (χ1v) is 4.80. The van der Waals surface area contributed by atoms with Gasteiger partial charge < -0.3 is 0 Å². The molecule has 0 spiro atoms. The van der Waals surface area contributed by atoms with Gasteiger partial charge in [0.1, 0.15) is 0 Å². The Labute approximate surface area is 109 Å². The summed E-state index contributed by atoms with van der Waals surface area (Å²) in [5, 5.41) is 0.0789. The second-order valence-corrected chi connectivity index (χ2v) is 3.75. The average Bonchev–Trinajstić information content (AvgIpc) is 2.49.